The summed E-state index contributed by atoms with van der Waals surface area (Å²) in [5.41, 5.74) is 1.30. The van der Waals surface area contributed by atoms with Gasteiger partial charge in [0.05, 0.1) is 7.11 Å². The maximum atomic E-state index is 5.20. The molecule has 1 saturated heterocycles. The Hall–Kier alpha value is -1.79. The van der Waals surface area contributed by atoms with Gasteiger partial charge in [0.2, 0.25) is 0 Å². The quantitative estimate of drug-likeness (QED) is 0.392. The number of guanidine groups is 1. The molecule has 0 unspecified atom stereocenters. The van der Waals surface area contributed by atoms with E-state index in [0.29, 0.717) is 0 Å². The molecule has 0 saturated carbocycles. The molecule has 27 heavy (non-hydrogen) atoms. The van der Waals surface area contributed by atoms with E-state index in [1.165, 1.54) is 38.2 Å². The van der Waals surface area contributed by atoms with E-state index < -0.39 is 0 Å². The topological polar surface area (TPSA) is 52.1 Å². The van der Waals surface area contributed by atoms with Crippen molar-refractivity contribution in [2.24, 2.45) is 4.99 Å². The molecule has 1 fully saturated rings. The standard InChI is InChI=1S/C21H37N5O/c1-4-22-21(24-13-11-19-7-9-20(27-3)10-8-19)23-12-5-15-26-16-6-14-25(2)17-18-26/h7-10H,4-6,11-18H2,1-3H3,(H2,22,23,24). The lowest BCUT2D eigenvalue weighted by atomic mass is 10.1. The number of hydrogen-bond donors (Lipinski definition) is 2. The van der Waals surface area contributed by atoms with Crippen LogP contribution >= 0.6 is 0 Å². The number of rotatable bonds is 9. The molecule has 0 aromatic heterocycles. The lowest BCUT2D eigenvalue weighted by Crippen LogP contribution is -2.38. The van der Waals surface area contributed by atoms with Crippen molar-refractivity contribution in [3.05, 3.63) is 29.8 Å². The third kappa shape index (κ3) is 8.63. The minimum atomic E-state index is 0.865. The highest BCUT2D eigenvalue weighted by Crippen LogP contribution is 2.11. The molecule has 6 nitrogen and oxygen atoms in total. The minimum Gasteiger partial charge on any atom is -0.497 e. The van der Waals surface area contributed by atoms with Gasteiger partial charge in [-0.15, -0.1) is 0 Å². The molecule has 152 valence electrons. The van der Waals surface area contributed by atoms with Gasteiger partial charge < -0.3 is 25.2 Å². The molecule has 0 amide bonds. The largest absolute Gasteiger partial charge is 0.497 e. The molecule has 1 aromatic rings. The van der Waals surface area contributed by atoms with Gasteiger partial charge in [0.1, 0.15) is 5.75 Å². The molecule has 1 heterocycles. The highest BCUT2D eigenvalue weighted by Gasteiger charge is 2.11. The van der Waals surface area contributed by atoms with Crippen LogP contribution in [0.25, 0.3) is 0 Å². The summed E-state index contributed by atoms with van der Waals surface area (Å²) in [6.07, 6.45) is 3.35. The monoisotopic (exact) mass is 375 g/mol. The number of likely N-dealkylation sites (N-methyl/N-ethyl adjacent to an activating group) is 1. The average Bonchev–Trinajstić information content (AvgIpc) is 2.90. The number of hydrogen-bond acceptors (Lipinski definition) is 4. The Kier molecular flexibility index (Phi) is 10.0. The zero-order valence-electron chi connectivity index (χ0n) is 17.3. The van der Waals surface area contributed by atoms with E-state index in [-0.39, 0.29) is 0 Å². The highest BCUT2D eigenvalue weighted by atomic mass is 16.5. The zero-order chi connectivity index (χ0) is 19.3. The second-order valence-electron chi connectivity index (χ2n) is 7.14. The highest BCUT2D eigenvalue weighted by molar-refractivity contribution is 5.79. The first-order chi connectivity index (χ1) is 13.2. The molecule has 0 bridgehead atoms. The summed E-state index contributed by atoms with van der Waals surface area (Å²) in [6.45, 7) is 10.7. The first-order valence-electron chi connectivity index (χ1n) is 10.3. The molecule has 0 atom stereocenters. The normalized spacial score (nSPS) is 16.8. The second kappa shape index (κ2) is 12.6. The lowest BCUT2D eigenvalue weighted by molar-refractivity contribution is 0.275. The summed E-state index contributed by atoms with van der Waals surface area (Å²) in [5.74, 6) is 1.82. The van der Waals surface area contributed by atoms with Gasteiger partial charge in [0, 0.05) is 32.7 Å². The predicted octanol–water partition coefficient (Wildman–Crippen LogP) is 1.82. The first-order valence-corrected chi connectivity index (χ1v) is 10.3. The number of ether oxygens (including phenoxy) is 1. The third-order valence-corrected chi connectivity index (χ3v) is 4.92. The van der Waals surface area contributed by atoms with Crippen LogP contribution in [-0.2, 0) is 6.42 Å². The van der Waals surface area contributed by atoms with E-state index in [1.807, 2.05) is 12.1 Å². The fourth-order valence-corrected chi connectivity index (χ4v) is 3.27. The Bertz CT molecular complexity index is 546. The number of benzene rings is 1. The van der Waals surface area contributed by atoms with Crippen LogP contribution in [-0.4, -0.2) is 82.3 Å². The average molecular weight is 376 g/mol. The van der Waals surface area contributed by atoms with E-state index in [4.69, 9.17) is 9.73 Å². The van der Waals surface area contributed by atoms with E-state index in [2.05, 4.69) is 46.5 Å². The van der Waals surface area contributed by atoms with E-state index >= 15 is 0 Å². The summed E-state index contributed by atoms with van der Waals surface area (Å²) < 4.78 is 5.20. The van der Waals surface area contributed by atoms with Crippen LogP contribution < -0.4 is 15.4 Å². The Morgan fingerprint density at radius 1 is 1.11 bits per heavy atom. The molecule has 1 aliphatic heterocycles. The molecule has 1 aromatic carbocycles. The van der Waals surface area contributed by atoms with Crippen molar-refractivity contribution in [3.8, 4) is 5.75 Å². The maximum absolute atomic E-state index is 5.20. The Morgan fingerprint density at radius 3 is 2.67 bits per heavy atom. The van der Waals surface area contributed by atoms with Crippen LogP contribution in [0.4, 0.5) is 0 Å². The molecule has 0 spiro atoms. The molecule has 0 radical (unpaired) electrons. The van der Waals surface area contributed by atoms with Crippen LogP contribution in [0.15, 0.2) is 29.3 Å². The SMILES string of the molecule is CCNC(=NCCCN1CCCN(C)CC1)NCCc1ccc(OC)cc1. The Balaban J connectivity index is 1.68. The Labute approximate surface area is 165 Å². The van der Waals surface area contributed by atoms with E-state index in [1.54, 1.807) is 7.11 Å². The second-order valence-corrected chi connectivity index (χ2v) is 7.14. The zero-order valence-corrected chi connectivity index (χ0v) is 17.3. The molecular formula is C21H37N5O. The Morgan fingerprint density at radius 2 is 1.93 bits per heavy atom. The van der Waals surface area contributed by atoms with Gasteiger partial charge in [-0.25, -0.2) is 0 Å². The number of nitrogens with one attached hydrogen (secondary N) is 2. The number of methoxy groups -OCH3 is 1. The van der Waals surface area contributed by atoms with E-state index in [9.17, 15) is 0 Å². The lowest BCUT2D eigenvalue weighted by Gasteiger charge is -2.19. The third-order valence-electron chi connectivity index (χ3n) is 4.92. The fourth-order valence-electron chi connectivity index (χ4n) is 3.27. The van der Waals surface area contributed by atoms with Crippen LogP contribution in [0.5, 0.6) is 5.75 Å². The minimum absolute atomic E-state index is 0.865. The van der Waals surface area contributed by atoms with E-state index in [0.717, 1.165) is 50.7 Å². The van der Waals surface area contributed by atoms with Crippen molar-refractivity contribution in [1.82, 2.24) is 20.4 Å². The van der Waals surface area contributed by atoms with Crippen molar-refractivity contribution in [3.63, 3.8) is 0 Å². The molecule has 2 N–H and O–H groups in total. The molecule has 0 aliphatic carbocycles. The molecular weight excluding hydrogens is 338 g/mol. The van der Waals surface area contributed by atoms with Crippen LogP contribution in [0.3, 0.4) is 0 Å². The summed E-state index contributed by atoms with van der Waals surface area (Å²) in [4.78, 5) is 9.73. The predicted molar refractivity (Wildman–Crippen MR) is 114 cm³/mol. The van der Waals surface area contributed by atoms with Gasteiger partial charge in [-0.2, -0.15) is 0 Å². The summed E-state index contributed by atoms with van der Waals surface area (Å²) in [5, 5.41) is 6.78. The van der Waals surface area contributed by atoms with Crippen molar-refractivity contribution >= 4 is 5.96 Å². The van der Waals surface area contributed by atoms with Crippen molar-refractivity contribution < 1.29 is 4.74 Å². The molecule has 1 aliphatic rings. The number of aliphatic imine (C=N–C) groups is 1. The maximum Gasteiger partial charge on any atom is 0.191 e. The van der Waals surface area contributed by atoms with Gasteiger partial charge in [-0.05, 0) is 70.6 Å². The van der Waals surface area contributed by atoms with Crippen molar-refractivity contribution in [2.75, 3.05) is 66.5 Å². The van der Waals surface area contributed by atoms with Gasteiger partial charge in [0.15, 0.2) is 5.96 Å². The molecule has 6 heteroatoms. The molecule has 2 rings (SSSR count). The van der Waals surface area contributed by atoms with Gasteiger partial charge in [-0.1, -0.05) is 12.1 Å². The smallest absolute Gasteiger partial charge is 0.191 e. The van der Waals surface area contributed by atoms with Crippen molar-refractivity contribution in [2.45, 2.75) is 26.2 Å². The number of nitrogens with zero attached hydrogens (tertiary/aromatic N) is 3. The van der Waals surface area contributed by atoms with Crippen LogP contribution in [0.2, 0.25) is 0 Å². The van der Waals surface area contributed by atoms with Gasteiger partial charge in [-0.3, -0.25) is 4.99 Å². The summed E-state index contributed by atoms with van der Waals surface area (Å²) in [6, 6.07) is 8.25. The van der Waals surface area contributed by atoms with Crippen LogP contribution in [0, 0.1) is 0 Å². The first kappa shape index (κ1) is 21.5. The van der Waals surface area contributed by atoms with Gasteiger partial charge >= 0.3 is 0 Å². The van der Waals surface area contributed by atoms with Gasteiger partial charge in [0.25, 0.3) is 0 Å². The fraction of sp³-hybridized carbons (Fsp3) is 0.667. The summed E-state index contributed by atoms with van der Waals surface area (Å²) >= 11 is 0. The summed E-state index contributed by atoms with van der Waals surface area (Å²) in [7, 11) is 3.91. The van der Waals surface area contributed by atoms with Crippen LogP contribution in [0.1, 0.15) is 25.3 Å². The van der Waals surface area contributed by atoms with Crippen molar-refractivity contribution in [1.29, 1.82) is 0 Å².